The molecule has 22 heavy (non-hydrogen) atoms. The van der Waals surface area contributed by atoms with Crippen LogP contribution >= 0.6 is 0 Å². The number of methoxy groups -OCH3 is 1. The molecule has 1 aliphatic rings. The summed E-state index contributed by atoms with van der Waals surface area (Å²) in [5.74, 6) is 2.10. The highest BCUT2D eigenvalue weighted by molar-refractivity contribution is 5.85. The molecule has 0 unspecified atom stereocenters. The first kappa shape index (κ1) is 15.1. The Hall–Kier alpha value is -1.82. The van der Waals surface area contributed by atoms with Crippen molar-refractivity contribution >= 4 is 10.8 Å². The van der Waals surface area contributed by atoms with Crippen LogP contribution in [0.5, 0.6) is 11.5 Å². The molecular formula is C17H20O5. The van der Waals surface area contributed by atoms with E-state index in [0.717, 1.165) is 35.5 Å². The molecule has 2 aromatic carbocycles. The van der Waals surface area contributed by atoms with Gasteiger partial charge >= 0.3 is 0 Å². The molecule has 5 heteroatoms. The van der Waals surface area contributed by atoms with E-state index in [4.69, 9.17) is 23.7 Å². The van der Waals surface area contributed by atoms with Crippen molar-refractivity contribution in [1.29, 1.82) is 0 Å². The molecule has 1 saturated heterocycles. The number of hydrogen-bond donors (Lipinski definition) is 0. The molecule has 0 aromatic heterocycles. The maximum absolute atomic E-state index is 5.61. The van der Waals surface area contributed by atoms with Gasteiger partial charge in [-0.1, -0.05) is 12.1 Å². The largest absolute Gasteiger partial charge is 0.468 e. The van der Waals surface area contributed by atoms with Crippen molar-refractivity contribution in [3.8, 4) is 11.5 Å². The highest BCUT2D eigenvalue weighted by Gasteiger charge is 2.18. The van der Waals surface area contributed by atoms with Crippen LogP contribution in [-0.2, 0) is 14.2 Å². The normalized spacial score (nSPS) is 14.8. The summed E-state index contributed by atoms with van der Waals surface area (Å²) in [6, 6.07) is 11.8. The third kappa shape index (κ3) is 3.88. The molecule has 1 aliphatic heterocycles. The van der Waals surface area contributed by atoms with E-state index in [1.807, 2.05) is 36.4 Å². The van der Waals surface area contributed by atoms with Gasteiger partial charge in [0.25, 0.3) is 0 Å². The van der Waals surface area contributed by atoms with Crippen LogP contribution in [0.25, 0.3) is 10.8 Å². The molecule has 0 spiro atoms. The topological polar surface area (TPSA) is 46.2 Å². The van der Waals surface area contributed by atoms with Crippen LogP contribution in [0.1, 0.15) is 0 Å². The molecular weight excluding hydrogens is 284 g/mol. The molecule has 0 saturated carbocycles. The first-order valence-corrected chi connectivity index (χ1v) is 7.29. The molecule has 0 atom stereocenters. The highest BCUT2D eigenvalue weighted by Crippen LogP contribution is 2.25. The van der Waals surface area contributed by atoms with E-state index in [2.05, 4.69) is 0 Å². The molecule has 3 rings (SSSR count). The zero-order valence-corrected chi connectivity index (χ0v) is 12.6. The Balaban J connectivity index is 1.55. The van der Waals surface area contributed by atoms with Crippen molar-refractivity contribution in [3.05, 3.63) is 36.4 Å². The Morgan fingerprint density at radius 2 is 1.59 bits per heavy atom. The predicted molar refractivity (Wildman–Crippen MR) is 82.2 cm³/mol. The smallest absolute Gasteiger partial charge is 0.189 e. The Kier molecular flexibility index (Phi) is 5.11. The third-order valence-electron chi connectivity index (χ3n) is 3.50. The fourth-order valence-corrected chi connectivity index (χ4v) is 2.21. The van der Waals surface area contributed by atoms with E-state index in [9.17, 15) is 0 Å². The number of ether oxygens (including phenoxy) is 5. The minimum atomic E-state index is 0.246. The van der Waals surface area contributed by atoms with Crippen LogP contribution in [0.2, 0.25) is 0 Å². The van der Waals surface area contributed by atoms with Crippen molar-refractivity contribution in [2.45, 2.75) is 0 Å². The maximum Gasteiger partial charge on any atom is 0.189 e. The van der Waals surface area contributed by atoms with Crippen LogP contribution in [0.3, 0.4) is 0 Å². The lowest BCUT2D eigenvalue weighted by atomic mass is 10.1. The van der Waals surface area contributed by atoms with E-state index < -0.39 is 0 Å². The van der Waals surface area contributed by atoms with E-state index >= 15 is 0 Å². The zero-order valence-electron chi connectivity index (χ0n) is 12.6. The molecule has 5 nitrogen and oxygen atoms in total. The lowest BCUT2D eigenvalue weighted by Gasteiger charge is -2.25. The molecule has 1 heterocycles. The van der Waals surface area contributed by atoms with E-state index in [1.54, 1.807) is 7.11 Å². The van der Waals surface area contributed by atoms with Gasteiger partial charge in [-0.3, -0.25) is 0 Å². The number of benzene rings is 2. The Labute approximate surface area is 129 Å². The Morgan fingerprint density at radius 1 is 0.955 bits per heavy atom. The van der Waals surface area contributed by atoms with Gasteiger partial charge in [-0.25, -0.2) is 0 Å². The molecule has 0 bridgehead atoms. The van der Waals surface area contributed by atoms with E-state index in [1.165, 1.54) is 0 Å². The summed E-state index contributed by atoms with van der Waals surface area (Å²) in [6.45, 7) is 2.79. The fraction of sp³-hybridized carbons (Fsp3) is 0.412. The van der Waals surface area contributed by atoms with Gasteiger partial charge in [-0.05, 0) is 35.0 Å². The van der Waals surface area contributed by atoms with Crippen LogP contribution in [0, 0.1) is 5.92 Å². The van der Waals surface area contributed by atoms with Crippen molar-refractivity contribution in [2.24, 2.45) is 5.92 Å². The van der Waals surface area contributed by atoms with Gasteiger partial charge in [-0.2, -0.15) is 0 Å². The van der Waals surface area contributed by atoms with Gasteiger partial charge in [0.15, 0.2) is 13.6 Å². The SMILES string of the molecule is COCOc1ccc2cc(OCOCC3COC3)ccc2c1. The summed E-state index contributed by atoms with van der Waals surface area (Å²) >= 11 is 0. The zero-order chi connectivity index (χ0) is 15.2. The summed E-state index contributed by atoms with van der Waals surface area (Å²) in [6.07, 6.45) is 0. The van der Waals surface area contributed by atoms with E-state index in [0.29, 0.717) is 12.5 Å². The summed E-state index contributed by atoms with van der Waals surface area (Å²) in [5.41, 5.74) is 0. The predicted octanol–water partition coefficient (Wildman–Crippen LogP) is 2.82. The molecule has 2 aromatic rings. The highest BCUT2D eigenvalue weighted by atomic mass is 16.7. The second-order valence-electron chi connectivity index (χ2n) is 5.26. The second-order valence-corrected chi connectivity index (χ2v) is 5.26. The molecule has 118 valence electrons. The van der Waals surface area contributed by atoms with Crippen molar-refractivity contribution in [2.75, 3.05) is 40.5 Å². The third-order valence-corrected chi connectivity index (χ3v) is 3.50. The lowest BCUT2D eigenvalue weighted by molar-refractivity contribution is -0.0924. The average Bonchev–Trinajstić information content (AvgIpc) is 2.50. The summed E-state index contributed by atoms with van der Waals surface area (Å²) in [5, 5.41) is 2.18. The van der Waals surface area contributed by atoms with Gasteiger partial charge < -0.3 is 23.7 Å². The average molecular weight is 304 g/mol. The number of hydrogen-bond acceptors (Lipinski definition) is 5. The quantitative estimate of drug-likeness (QED) is 0.554. The molecule has 0 radical (unpaired) electrons. The first-order chi connectivity index (χ1) is 10.8. The second kappa shape index (κ2) is 7.45. The Bertz CT molecular complexity index is 609. The molecule has 0 amide bonds. The summed E-state index contributed by atoms with van der Waals surface area (Å²) in [7, 11) is 1.60. The fourth-order valence-electron chi connectivity index (χ4n) is 2.21. The monoisotopic (exact) mass is 304 g/mol. The minimum absolute atomic E-state index is 0.246. The summed E-state index contributed by atoms with van der Waals surface area (Å²) < 4.78 is 26.5. The number of rotatable bonds is 8. The molecule has 0 aliphatic carbocycles. The maximum atomic E-state index is 5.61. The van der Waals surface area contributed by atoms with Crippen LogP contribution in [0.15, 0.2) is 36.4 Å². The molecule has 0 N–H and O–H groups in total. The van der Waals surface area contributed by atoms with E-state index in [-0.39, 0.29) is 13.6 Å². The van der Waals surface area contributed by atoms with Gasteiger partial charge in [0, 0.05) is 13.0 Å². The van der Waals surface area contributed by atoms with Crippen molar-refractivity contribution < 1.29 is 23.7 Å². The number of fused-ring (bicyclic) bond motifs is 1. The van der Waals surface area contributed by atoms with Crippen LogP contribution < -0.4 is 9.47 Å². The lowest BCUT2D eigenvalue weighted by Crippen LogP contribution is -2.32. The van der Waals surface area contributed by atoms with Gasteiger partial charge in [0.1, 0.15) is 11.5 Å². The van der Waals surface area contributed by atoms with Gasteiger partial charge in [0.05, 0.1) is 19.8 Å². The van der Waals surface area contributed by atoms with Gasteiger partial charge in [0.2, 0.25) is 0 Å². The Morgan fingerprint density at radius 3 is 2.14 bits per heavy atom. The van der Waals surface area contributed by atoms with Crippen molar-refractivity contribution in [3.63, 3.8) is 0 Å². The van der Waals surface area contributed by atoms with Gasteiger partial charge in [-0.15, -0.1) is 0 Å². The van der Waals surface area contributed by atoms with Crippen LogP contribution in [0.4, 0.5) is 0 Å². The summed E-state index contributed by atoms with van der Waals surface area (Å²) in [4.78, 5) is 0. The first-order valence-electron chi connectivity index (χ1n) is 7.29. The molecule has 1 fully saturated rings. The van der Waals surface area contributed by atoms with Crippen molar-refractivity contribution in [1.82, 2.24) is 0 Å². The standard InChI is InChI=1S/C17H20O5/c1-18-11-21-16-4-2-15-7-17(5-3-14(15)6-16)22-12-20-10-13-8-19-9-13/h2-7,13H,8-12H2,1H3. The minimum Gasteiger partial charge on any atom is -0.468 e. The van der Waals surface area contributed by atoms with Crippen LogP contribution in [-0.4, -0.2) is 40.5 Å².